The zero-order valence-electron chi connectivity index (χ0n) is 16.9. The molecule has 0 aromatic heterocycles. The number of thiol groups is 1. The molecule has 0 fully saturated rings. The van der Waals surface area contributed by atoms with Crippen LogP contribution in [0.4, 0.5) is 16.2 Å². The normalized spacial score (nSPS) is 10.9. The van der Waals surface area contributed by atoms with Gasteiger partial charge >= 0.3 is 6.03 Å². The predicted octanol–water partition coefficient (Wildman–Crippen LogP) is 1.86. The van der Waals surface area contributed by atoms with Crippen LogP contribution in [0.5, 0.6) is 0 Å². The van der Waals surface area contributed by atoms with Gasteiger partial charge in [0, 0.05) is 35.7 Å². The van der Waals surface area contributed by atoms with Crippen molar-refractivity contribution < 1.29 is 14.7 Å². The van der Waals surface area contributed by atoms with Gasteiger partial charge in [-0.15, -0.1) is 12.6 Å². The second-order valence-corrected chi connectivity index (χ2v) is 7.19. The SMILES string of the molecule is CNc1ccc(/N=C(/NCc2ccc(Cl)cc2)NC(=O)NCC(=O)NCCO)cc1S. The molecule has 2 rings (SSSR count). The average molecular weight is 465 g/mol. The topological polar surface area (TPSA) is 127 Å². The fraction of sp³-hybridized carbons (Fsp3) is 0.250. The third kappa shape index (κ3) is 8.75. The second kappa shape index (κ2) is 12.7. The first-order valence-electron chi connectivity index (χ1n) is 9.41. The van der Waals surface area contributed by atoms with Crippen LogP contribution in [0.15, 0.2) is 52.4 Å². The van der Waals surface area contributed by atoms with E-state index in [4.69, 9.17) is 16.7 Å². The Labute approximate surface area is 191 Å². The van der Waals surface area contributed by atoms with Gasteiger partial charge in [0.25, 0.3) is 0 Å². The van der Waals surface area contributed by atoms with E-state index in [-0.39, 0.29) is 25.7 Å². The van der Waals surface area contributed by atoms with Crippen molar-refractivity contribution in [1.29, 1.82) is 0 Å². The van der Waals surface area contributed by atoms with Crippen molar-refractivity contribution in [2.24, 2.45) is 4.99 Å². The highest BCUT2D eigenvalue weighted by Crippen LogP contribution is 2.25. The molecule has 0 aliphatic rings. The minimum atomic E-state index is -0.612. The number of aliphatic imine (C=N–C) groups is 1. The van der Waals surface area contributed by atoms with Crippen molar-refractivity contribution in [2.75, 3.05) is 32.1 Å². The molecule has 6 N–H and O–H groups in total. The highest BCUT2D eigenvalue weighted by molar-refractivity contribution is 7.80. The summed E-state index contributed by atoms with van der Waals surface area (Å²) in [5, 5.41) is 22.9. The van der Waals surface area contributed by atoms with Crippen molar-refractivity contribution in [3.63, 3.8) is 0 Å². The van der Waals surface area contributed by atoms with Crippen LogP contribution < -0.4 is 26.6 Å². The number of nitrogens with one attached hydrogen (secondary N) is 5. The zero-order valence-corrected chi connectivity index (χ0v) is 18.6. The Hall–Kier alpha value is -2.95. The van der Waals surface area contributed by atoms with Crippen LogP contribution >= 0.6 is 24.2 Å². The lowest BCUT2D eigenvalue weighted by Gasteiger charge is -2.13. The molecule has 3 amide bonds. The lowest BCUT2D eigenvalue weighted by molar-refractivity contribution is -0.120. The molecular formula is C20H25ClN6O3S. The van der Waals surface area contributed by atoms with Crippen LogP contribution in [0, 0.1) is 0 Å². The van der Waals surface area contributed by atoms with Gasteiger partial charge < -0.3 is 26.4 Å². The third-order valence-corrected chi connectivity index (χ3v) is 4.56. The van der Waals surface area contributed by atoms with Crippen LogP contribution in [0.25, 0.3) is 0 Å². The first kappa shape index (κ1) is 24.3. The number of hydrogen-bond donors (Lipinski definition) is 7. The zero-order chi connectivity index (χ0) is 22.6. The van der Waals surface area contributed by atoms with Crippen molar-refractivity contribution in [2.45, 2.75) is 11.4 Å². The van der Waals surface area contributed by atoms with Crippen molar-refractivity contribution in [1.82, 2.24) is 21.3 Å². The van der Waals surface area contributed by atoms with Crippen LogP contribution in [0.1, 0.15) is 5.56 Å². The molecule has 2 aromatic carbocycles. The van der Waals surface area contributed by atoms with E-state index in [9.17, 15) is 9.59 Å². The number of carbonyl (C=O) groups is 2. The number of anilines is 1. The van der Waals surface area contributed by atoms with E-state index < -0.39 is 11.9 Å². The molecule has 0 saturated heterocycles. The Balaban J connectivity index is 2.09. The number of guanidine groups is 1. The number of hydrogen-bond acceptors (Lipinski definition) is 6. The van der Waals surface area contributed by atoms with Gasteiger partial charge in [0.1, 0.15) is 0 Å². The summed E-state index contributed by atoms with van der Waals surface area (Å²) in [4.78, 5) is 29.0. The fourth-order valence-electron chi connectivity index (χ4n) is 2.40. The van der Waals surface area contributed by atoms with E-state index in [0.29, 0.717) is 22.2 Å². The van der Waals surface area contributed by atoms with E-state index in [1.807, 2.05) is 18.2 Å². The van der Waals surface area contributed by atoms with E-state index in [1.165, 1.54) is 0 Å². The van der Waals surface area contributed by atoms with Gasteiger partial charge in [0.05, 0.1) is 18.8 Å². The molecule has 11 heteroatoms. The summed E-state index contributed by atoms with van der Waals surface area (Å²) < 4.78 is 0. The van der Waals surface area contributed by atoms with Crippen molar-refractivity contribution in [3.8, 4) is 0 Å². The van der Waals surface area contributed by atoms with Gasteiger partial charge in [-0.05, 0) is 35.9 Å². The van der Waals surface area contributed by atoms with Gasteiger partial charge in [-0.2, -0.15) is 0 Å². The van der Waals surface area contributed by atoms with Gasteiger partial charge in [-0.1, -0.05) is 23.7 Å². The summed E-state index contributed by atoms with van der Waals surface area (Å²) in [7, 11) is 1.79. The number of amides is 3. The molecule has 9 nitrogen and oxygen atoms in total. The van der Waals surface area contributed by atoms with E-state index >= 15 is 0 Å². The monoisotopic (exact) mass is 464 g/mol. The molecule has 0 atom stereocenters. The Kier molecular flexibility index (Phi) is 9.95. The van der Waals surface area contributed by atoms with Gasteiger partial charge in [-0.3, -0.25) is 10.1 Å². The average Bonchev–Trinajstić information content (AvgIpc) is 2.76. The maximum absolute atomic E-state index is 12.2. The standard InChI is InChI=1S/C20H25ClN6O3S/c1-22-16-7-6-15(10-17(16)31)26-19(24-11-13-2-4-14(21)5-3-13)27-20(30)25-12-18(29)23-8-9-28/h2-7,10,22,28,31H,8-9,11-12H2,1H3,(H,23,29)(H3,24,25,26,27,30). The molecule has 0 bridgehead atoms. The van der Waals surface area contributed by atoms with Gasteiger partial charge in [0.2, 0.25) is 11.9 Å². The Morgan fingerprint density at radius 2 is 1.84 bits per heavy atom. The largest absolute Gasteiger partial charge is 0.395 e. The van der Waals surface area contributed by atoms with E-state index in [1.54, 1.807) is 31.3 Å². The van der Waals surface area contributed by atoms with Gasteiger partial charge in [-0.25, -0.2) is 9.79 Å². The number of urea groups is 1. The first-order valence-corrected chi connectivity index (χ1v) is 10.2. The quantitative estimate of drug-likeness (QED) is 0.182. The van der Waals surface area contributed by atoms with Crippen molar-refractivity contribution >= 4 is 53.5 Å². The molecule has 0 unspecified atom stereocenters. The molecule has 2 aromatic rings. The molecule has 31 heavy (non-hydrogen) atoms. The molecule has 0 aliphatic carbocycles. The number of benzene rings is 2. The summed E-state index contributed by atoms with van der Waals surface area (Å²) in [6, 6.07) is 12.0. The first-order chi connectivity index (χ1) is 14.9. The molecule has 0 heterocycles. The van der Waals surface area contributed by atoms with Gasteiger partial charge in [0.15, 0.2) is 0 Å². The lowest BCUT2D eigenvalue weighted by atomic mass is 10.2. The summed E-state index contributed by atoms with van der Waals surface area (Å²) >= 11 is 10.3. The van der Waals surface area contributed by atoms with Crippen LogP contribution in [0.2, 0.25) is 5.02 Å². The van der Waals surface area contributed by atoms with Crippen LogP contribution in [-0.4, -0.2) is 49.7 Å². The number of nitrogens with zero attached hydrogens (tertiary/aromatic N) is 1. The summed E-state index contributed by atoms with van der Waals surface area (Å²) in [6.07, 6.45) is 0. The molecule has 0 radical (unpaired) electrons. The summed E-state index contributed by atoms with van der Waals surface area (Å²) in [5.41, 5.74) is 2.35. The number of aliphatic hydroxyl groups excluding tert-OH is 1. The fourth-order valence-corrected chi connectivity index (χ4v) is 2.84. The molecule has 0 saturated carbocycles. The number of rotatable bonds is 8. The molecule has 0 aliphatic heterocycles. The minimum Gasteiger partial charge on any atom is -0.395 e. The maximum Gasteiger partial charge on any atom is 0.321 e. The predicted molar refractivity (Wildman–Crippen MR) is 125 cm³/mol. The number of aliphatic hydroxyl groups is 1. The Morgan fingerprint density at radius 3 is 2.48 bits per heavy atom. The van der Waals surface area contributed by atoms with E-state index in [0.717, 1.165) is 11.3 Å². The third-order valence-electron chi connectivity index (χ3n) is 3.94. The lowest BCUT2D eigenvalue weighted by Crippen LogP contribution is -2.48. The van der Waals surface area contributed by atoms with Crippen LogP contribution in [-0.2, 0) is 11.3 Å². The highest BCUT2D eigenvalue weighted by atomic mass is 35.5. The molecular weight excluding hydrogens is 440 g/mol. The summed E-state index contributed by atoms with van der Waals surface area (Å²) in [6.45, 7) is 0.0819. The highest BCUT2D eigenvalue weighted by Gasteiger charge is 2.09. The second-order valence-electron chi connectivity index (χ2n) is 6.27. The number of carbonyl (C=O) groups excluding carboxylic acids is 2. The number of halogens is 1. The molecule has 166 valence electrons. The minimum absolute atomic E-state index is 0.117. The van der Waals surface area contributed by atoms with Crippen molar-refractivity contribution in [3.05, 3.63) is 53.1 Å². The van der Waals surface area contributed by atoms with E-state index in [2.05, 4.69) is 44.2 Å². The van der Waals surface area contributed by atoms with Crippen LogP contribution in [0.3, 0.4) is 0 Å². The summed E-state index contributed by atoms with van der Waals surface area (Å²) in [5.74, 6) is -0.229. The maximum atomic E-state index is 12.2. The molecule has 0 spiro atoms. The Morgan fingerprint density at radius 1 is 1.10 bits per heavy atom. The smallest absolute Gasteiger partial charge is 0.321 e. The Bertz CT molecular complexity index is 924.